The zero-order valence-electron chi connectivity index (χ0n) is 33.9. The first-order valence-corrected chi connectivity index (χ1v) is 22.2. The lowest BCUT2D eigenvalue weighted by Crippen LogP contribution is -2.59. The summed E-state index contributed by atoms with van der Waals surface area (Å²) in [6, 6.07) is 26.2. The maximum absolute atomic E-state index is 14.4. The van der Waals surface area contributed by atoms with Crippen LogP contribution in [0.5, 0.6) is 0 Å². The number of pyridine rings is 1. The van der Waals surface area contributed by atoms with Crippen molar-refractivity contribution >= 4 is 21.9 Å². The number of hydrogen-bond donors (Lipinski definition) is 6. The van der Waals surface area contributed by atoms with Crippen LogP contribution in [0.4, 0.5) is 0 Å². The van der Waals surface area contributed by atoms with E-state index in [-0.39, 0.29) is 24.3 Å². The SMILES string of the molecule is Cc1[nH]c(=O)ccc1-c1ccc(C[C@@H](C#N)NC(=O)C2(N)CCCCCC2c2cc(-c3ccc(CC(C#N)NC(=O)C4(N)CCCCC4)cc3)ccc2CS(=O)(=O)O)cc1. The molecule has 0 aliphatic heterocycles. The number of nitrogens with zero attached hydrogens (tertiary/aromatic N) is 2. The van der Waals surface area contributed by atoms with Crippen molar-refractivity contribution in [3.8, 4) is 34.4 Å². The predicted molar refractivity (Wildman–Crippen MR) is 230 cm³/mol. The van der Waals surface area contributed by atoms with Crippen molar-refractivity contribution in [3.63, 3.8) is 0 Å². The summed E-state index contributed by atoms with van der Waals surface area (Å²) in [6.45, 7) is 1.82. The zero-order valence-corrected chi connectivity index (χ0v) is 34.7. The summed E-state index contributed by atoms with van der Waals surface area (Å²) in [6.07, 6.45) is 7.39. The smallest absolute Gasteiger partial charge is 0.269 e. The highest BCUT2D eigenvalue weighted by molar-refractivity contribution is 7.85. The summed E-state index contributed by atoms with van der Waals surface area (Å²) in [7, 11) is -4.47. The Bertz CT molecular complexity index is 2450. The van der Waals surface area contributed by atoms with Crippen molar-refractivity contribution in [2.24, 2.45) is 11.5 Å². The largest absolute Gasteiger partial charge is 0.338 e. The van der Waals surface area contributed by atoms with Gasteiger partial charge in [-0.1, -0.05) is 105 Å². The van der Waals surface area contributed by atoms with E-state index in [2.05, 4.69) is 27.8 Å². The number of rotatable bonds is 13. The molecule has 3 unspecified atom stereocenters. The number of benzene rings is 3. The van der Waals surface area contributed by atoms with Gasteiger partial charge in [0.1, 0.15) is 23.4 Å². The fourth-order valence-corrected chi connectivity index (χ4v) is 9.44. The topological polar surface area (TPSA) is 245 Å². The van der Waals surface area contributed by atoms with Gasteiger partial charge in [-0.05, 0) is 77.6 Å². The Kier molecular flexibility index (Phi) is 13.7. The van der Waals surface area contributed by atoms with Crippen LogP contribution < -0.4 is 27.7 Å². The van der Waals surface area contributed by atoms with Gasteiger partial charge in [0.2, 0.25) is 17.4 Å². The molecule has 13 nitrogen and oxygen atoms in total. The van der Waals surface area contributed by atoms with E-state index in [0.717, 1.165) is 71.2 Å². The van der Waals surface area contributed by atoms with E-state index in [1.165, 1.54) is 6.07 Å². The van der Waals surface area contributed by atoms with E-state index in [1.807, 2.05) is 61.5 Å². The van der Waals surface area contributed by atoms with Crippen LogP contribution in [0.1, 0.15) is 98.1 Å². The predicted octanol–water partition coefficient (Wildman–Crippen LogP) is 5.61. The molecule has 2 aliphatic carbocycles. The Balaban J connectivity index is 1.22. The summed E-state index contributed by atoms with van der Waals surface area (Å²) in [5.41, 5.74) is 17.4. The van der Waals surface area contributed by atoms with E-state index in [0.29, 0.717) is 43.2 Å². The standard InChI is InChI=1S/C46H53N7O6S/c1-30-39(19-20-42(54)51-30)34-15-11-32(12-16-34)25-38(28-48)53-44(56)46(50)23-7-2-4-8-41(46)40-26-35(17-18-36(40)29-60(57,58)59)33-13-9-31(10-14-33)24-37(27-47)52-43(55)45(49)21-5-3-6-22-45/h9-20,26,37-38,41H,2-8,21-25,29,49-50H2,1H3,(H,51,54)(H,52,55)(H,53,56)(H,57,58,59)/t37?,38-,41?,46?/m0/s1. The van der Waals surface area contributed by atoms with Crippen LogP contribution in [0.15, 0.2) is 83.7 Å². The lowest BCUT2D eigenvalue weighted by molar-refractivity contribution is -0.128. The number of nitrogens with one attached hydrogen (secondary N) is 3. The molecular formula is C46H53N7O6S. The van der Waals surface area contributed by atoms with Gasteiger partial charge < -0.3 is 27.1 Å². The Morgan fingerprint density at radius 1 is 0.783 bits per heavy atom. The van der Waals surface area contributed by atoms with Crippen LogP contribution in [-0.4, -0.2) is 52.9 Å². The Labute approximate surface area is 351 Å². The van der Waals surface area contributed by atoms with Gasteiger partial charge in [0, 0.05) is 36.1 Å². The average Bonchev–Trinajstić information content (AvgIpc) is 3.42. The molecule has 0 bridgehead atoms. The highest BCUT2D eigenvalue weighted by Gasteiger charge is 2.45. The third-order valence-corrected chi connectivity index (χ3v) is 12.8. The highest BCUT2D eigenvalue weighted by Crippen LogP contribution is 2.42. The summed E-state index contributed by atoms with van der Waals surface area (Å²) in [5, 5.41) is 25.8. The molecule has 14 heteroatoms. The minimum Gasteiger partial charge on any atom is -0.338 e. The Morgan fingerprint density at radius 2 is 1.33 bits per heavy atom. The molecule has 2 aliphatic rings. The van der Waals surface area contributed by atoms with E-state index in [1.54, 1.807) is 18.2 Å². The van der Waals surface area contributed by atoms with Crippen molar-refractivity contribution in [1.29, 1.82) is 10.5 Å². The molecule has 0 saturated heterocycles. The summed E-state index contributed by atoms with van der Waals surface area (Å²) in [5.74, 6) is -2.14. The molecule has 1 aromatic heterocycles. The van der Waals surface area contributed by atoms with Gasteiger partial charge in [-0.15, -0.1) is 0 Å². The van der Waals surface area contributed by atoms with Gasteiger partial charge in [-0.2, -0.15) is 18.9 Å². The first-order chi connectivity index (χ1) is 28.6. The number of carbonyl (C=O) groups is 2. The third kappa shape index (κ3) is 10.6. The fourth-order valence-electron chi connectivity index (χ4n) is 8.78. The van der Waals surface area contributed by atoms with Crippen LogP contribution in [0.3, 0.4) is 0 Å². The first kappa shape index (κ1) is 43.9. The average molecular weight is 832 g/mol. The van der Waals surface area contributed by atoms with Crippen LogP contribution >= 0.6 is 0 Å². The van der Waals surface area contributed by atoms with Crippen molar-refractivity contribution in [3.05, 3.63) is 117 Å². The minimum absolute atomic E-state index is 0.186. The summed E-state index contributed by atoms with van der Waals surface area (Å²) < 4.78 is 34.6. The molecule has 1 heterocycles. The fraction of sp³-hybridized carbons (Fsp3) is 0.413. The van der Waals surface area contributed by atoms with Crippen LogP contribution in [0, 0.1) is 29.6 Å². The second kappa shape index (κ2) is 18.7. The molecule has 2 saturated carbocycles. The van der Waals surface area contributed by atoms with Gasteiger partial charge >= 0.3 is 0 Å². The number of hydrogen-bond acceptors (Lipinski definition) is 9. The van der Waals surface area contributed by atoms with Crippen molar-refractivity contribution in [2.75, 3.05) is 0 Å². The molecule has 4 aromatic rings. The molecule has 4 atom stereocenters. The van der Waals surface area contributed by atoms with E-state index >= 15 is 0 Å². The summed E-state index contributed by atoms with van der Waals surface area (Å²) in [4.78, 5) is 41.9. The van der Waals surface area contributed by atoms with Gasteiger partial charge in [-0.3, -0.25) is 18.9 Å². The molecule has 3 aromatic carbocycles. The molecule has 2 fully saturated rings. The van der Waals surface area contributed by atoms with Crippen molar-refractivity contribution in [2.45, 2.75) is 119 Å². The van der Waals surface area contributed by atoms with E-state index in [4.69, 9.17) is 11.5 Å². The normalized spacial score (nSPS) is 20.1. The molecule has 8 N–H and O–H groups in total. The number of aryl methyl sites for hydroxylation is 1. The highest BCUT2D eigenvalue weighted by atomic mass is 32.2. The maximum atomic E-state index is 14.4. The molecule has 0 spiro atoms. The monoisotopic (exact) mass is 831 g/mol. The van der Waals surface area contributed by atoms with Gasteiger partial charge in [0.05, 0.1) is 17.7 Å². The Morgan fingerprint density at radius 3 is 1.92 bits per heavy atom. The molecule has 6 rings (SSSR count). The molecule has 0 radical (unpaired) electrons. The quantitative estimate of drug-likeness (QED) is 0.0718. The number of aromatic nitrogens is 1. The number of amides is 2. The first-order valence-electron chi connectivity index (χ1n) is 20.6. The molecule has 2 amide bonds. The molecule has 314 valence electrons. The maximum Gasteiger partial charge on any atom is 0.269 e. The van der Waals surface area contributed by atoms with E-state index < -0.39 is 50.9 Å². The van der Waals surface area contributed by atoms with E-state index in [9.17, 15) is 37.9 Å². The van der Waals surface area contributed by atoms with Crippen LogP contribution in [0.2, 0.25) is 0 Å². The second-order valence-corrected chi connectivity index (χ2v) is 18.0. The lowest BCUT2D eigenvalue weighted by atomic mass is 9.73. The van der Waals surface area contributed by atoms with Crippen molar-refractivity contribution in [1.82, 2.24) is 15.6 Å². The summed E-state index contributed by atoms with van der Waals surface area (Å²) >= 11 is 0. The van der Waals surface area contributed by atoms with Crippen LogP contribution in [0.25, 0.3) is 22.3 Å². The van der Waals surface area contributed by atoms with Crippen molar-refractivity contribution < 1.29 is 22.6 Å². The second-order valence-electron chi connectivity index (χ2n) is 16.5. The number of nitriles is 2. The van der Waals surface area contributed by atoms with Gasteiger partial charge in [-0.25, -0.2) is 0 Å². The number of aromatic amines is 1. The molecular weight excluding hydrogens is 779 g/mol. The Hall–Kier alpha value is -5.64. The van der Waals surface area contributed by atoms with Crippen LogP contribution in [-0.2, 0) is 38.3 Å². The number of H-pyrrole nitrogens is 1. The van der Waals surface area contributed by atoms with Gasteiger partial charge in [0.15, 0.2) is 0 Å². The lowest BCUT2D eigenvalue weighted by Gasteiger charge is -2.37. The minimum atomic E-state index is -4.47. The van der Waals surface area contributed by atoms with Gasteiger partial charge in [0.25, 0.3) is 10.1 Å². The third-order valence-electron chi connectivity index (χ3n) is 12.2. The number of nitrogens with two attached hydrogens (primary N) is 2. The molecule has 60 heavy (non-hydrogen) atoms. The zero-order chi connectivity index (χ0) is 43.1. The number of carbonyl (C=O) groups excluding carboxylic acids is 2.